The van der Waals surface area contributed by atoms with Gasteiger partial charge in [0, 0.05) is 6.04 Å². The van der Waals surface area contributed by atoms with Crippen LogP contribution in [0.1, 0.15) is 35.4 Å². The minimum atomic E-state index is -1.04. The Morgan fingerprint density at radius 3 is 2.71 bits per heavy atom. The SMILES string of the molecule is C[C@@H](NCC[C@H]1CN(c2cccc(C(=O)O)n2)c2ccccc2O1)c1cccc2ccccc12. The van der Waals surface area contributed by atoms with Crippen LogP contribution in [0.5, 0.6) is 5.75 Å². The molecule has 0 saturated carbocycles. The average Bonchev–Trinajstić information content (AvgIpc) is 2.88. The molecule has 0 bridgehead atoms. The molecule has 6 nitrogen and oxygen atoms in total. The van der Waals surface area contributed by atoms with Crippen LogP contribution in [0.25, 0.3) is 10.8 Å². The third-order valence-electron chi connectivity index (χ3n) is 6.27. The van der Waals surface area contributed by atoms with E-state index in [1.54, 1.807) is 6.07 Å². The summed E-state index contributed by atoms with van der Waals surface area (Å²) in [6.07, 6.45) is 0.746. The molecule has 0 fully saturated rings. The van der Waals surface area contributed by atoms with Crippen LogP contribution in [0.15, 0.2) is 84.9 Å². The smallest absolute Gasteiger partial charge is 0.354 e. The average molecular weight is 454 g/mol. The first-order valence-corrected chi connectivity index (χ1v) is 11.5. The van der Waals surface area contributed by atoms with E-state index in [4.69, 9.17) is 4.74 Å². The number of aromatic nitrogens is 1. The number of fused-ring (bicyclic) bond motifs is 2. The lowest BCUT2D eigenvalue weighted by Gasteiger charge is -2.36. The summed E-state index contributed by atoms with van der Waals surface area (Å²) < 4.78 is 6.29. The summed E-state index contributed by atoms with van der Waals surface area (Å²) in [4.78, 5) is 17.8. The first-order valence-electron chi connectivity index (χ1n) is 11.5. The van der Waals surface area contributed by atoms with Gasteiger partial charge in [0.05, 0.1) is 12.2 Å². The molecule has 0 aliphatic carbocycles. The second kappa shape index (κ2) is 9.53. The molecule has 2 atom stereocenters. The highest BCUT2D eigenvalue weighted by atomic mass is 16.5. The number of carboxylic acids is 1. The van der Waals surface area contributed by atoms with Gasteiger partial charge < -0.3 is 20.1 Å². The molecule has 0 unspecified atom stereocenters. The number of pyridine rings is 1. The quantitative estimate of drug-likeness (QED) is 0.381. The number of benzene rings is 3. The molecular formula is C28H27N3O3. The van der Waals surface area contributed by atoms with Crippen molar-refractivity contribution in [1.82, 2.24) is 10.3 Å². The van der Waals surface area contributed by atoms with Gasteiger partial charge in [-0.1, -0.05) is 60.7 Å². The van der Waals surface area contributed by atoms with Crippen LogP contribution in [0.4, 0.5) is 11.5 Å². The largest absolute Gasteiger partial charge is 0.486 e. The summed E-state index contributed by atoms with van der Waals surface area (Å²) in [5, 5.41) is 15.5. The Morgan fingerprint density at radius 1 is 1.06 bits per heavy atom. The predicted molar refractivity (Wildman–Crippen MR) is 134 cm³/mol. The van der Waals surface area contributed by atoms with Gasteiger partial charge in [0.2, 0.25) is 0 Å². The van der Waals surface area contributed by atoms with Crippen molar-refractivity contribution in [1.29, 1.82) is 0 Å². The van der Waals surface area contributed by atoms with E-state index in [1.165, 1.54) is 22.4 Å². The minimum Gasteiger partial charge on any atom is -0.486 e. The second-order valence-corrected chi connectivity index (χ2v) is 8.54. The number of ether oxygens (including phenoxy) is 1. The number of rotatable bonds is 7. The second-order valence-electron chi connectivity index (χ2n) is 8.54. The molecule has 6 heteroatoms. The van der Waals surface area contributed by atoms with E-state index in [-0.39, 0.29) is 17.8 Å². The minimum absolute atomic E-state index is 0.0311. The maximum Gasteiger partial charge on any atom is 0.354 e. The number of carboxylic acid groups (broad SMARTS) is 1. The normalized spacial score (nSPS) is 16.0. The molecule has 1 aliphatic heterocycles. The van der Waals surface area contributed by atoms with E-state index < -0.39 is 5.97 Å². The van der Waals surface area contributed by atoms with Crippen LogP contribution in [0.3, 0.4) is 0 Å². The van der Waals surface area contributed by atoms with Gasteiger partial charge in [-0.15, -0.1) is 0 Å². The number of aromatic carboxylic acids is 1. The van der Waals surface area contributed by atoms with Crippen LogP contribution in [0.2, 0.25) is 0 Å². The van der Waals surface area contributed by atoms with E-state index >= 15 is 0 Å². The number of nitrogens with zero attached hydrogens (tertiary/aromatic N) is 2. The molecule has 0 spiro atoms. The summed E-state index contributed by atoms with van der Waals surface area (Å²) in [5.41, 5.74) is 2.21. The van der Waals surface area contributed by atoms with Crippen molar-refractivity contribution < 1.29 is 14.6 Å². The molecule has 1 aromatic heterocycles. The summed E-state index contributed by atoms with van der Waals surface area (Å²) in [7, 11) is 0. The van der Waals surface area contributed by atoms with Gasteiger partial charge in [-0.3, -0.25) is 0 Å². The van der Waals surface area contributed by atoms with Crippen LogP contribution < -0.4 is 15.0 Å². The zero-order valence-electron chi connectivity index (χ0n) is 19.0. The number of hydrogen-bond acceptors (Lipinski definition) is 5. The highest BCUT2D eigenvalue weighted by Crippen LogP contribution is 2.37. The van der Waals surface area contributed by atoms with Crippen molar-refractivity contribution in [2.24, 2.45) is 0 Å². The summed E-state index contributed by atoms with van der Waals surface area (Å²) in [6.45, 7) is 3.57. The Bertz CT molecular complexity index is 1320. The molecule has 2 heterocycles. The Labute approximate surface area is 198 Å². The van der Waals surface area contributed by atoms with Crippen LogP contribution in [-0.4, -0.2) is 35.3 Å². The Morgan fingerprint density at radius 2 is 1.82 bits per heavy atom. The van der Waals surface area contributed by atoms with Gasteiger partial charge in [0.25, 0.3) is 0 Å². The highest BCUT2D eigenvalue weighted by Gasteiger charge is 2.27. The highest BCUT2D eigenvalue weighted by molar-refractivity contribution is 5.86. The van der Waals surface area contributed by atoms with Crippen molar-refractivity contribution in [3.05, 3.63) is 96.2 Å². The molecule has 5 rings (SSSR count). The van der Waals surface area contributed by atoms with Crippen LogP contribution >= 0.6 is 0 Å². The van der Waals surface area contributed by atoms with Gasteiger partial charge in [-0.05, 0) is 60.5 Å². The number of para-hydroxylation sites is 2. The van der Waals surface area contributed by atoms with Crippen molar-refractivity contribution in [3.8, 4) is 5.75 Å². The Hall–Kier alpha value is -3.90. The fourth-order valence-corrected chi connectivity index (χ4v) is 4.56. The third kappa shape index (κ3) is 4.45. The fourth-order valence-electron chi connectivity index (χ4n) is 4.56. The molecule has 172 valence electrons. The van der Waals surface area contributed by atoms with Crippen molar-refractivity contribution in [3.63, 3.8) is 0 Å². The molecule has 3 aromatic carbocycles. The molecule has 0 saturated heterocycles. The van der Waals surface area contributed by atoms with Crippen molar-refractivity contribution in [2.75, 3.05) is 18.0 Å². The predicted octanol–water partition coefficient (Wildman–Crippen LogP) is 5.57. The first-order chi connectivity index (χ1) is 16.6. The number of anilines is 2. The van der Waals surface area contributed by atoms with Gasteiger partial charge in [-0.2, -0.15) is 0 Å². The van der Waals surface area contributed by atoms with Crippen LogP contribution in [-0.2, 0) is 0 Å². The van der Waals surface area contributed by atoms with E-state index in [1.807, 2.05) is 35.2 Å². The molecular weight excluding hydrogens is 426 g/mol. The third-order valence-corrected chi connectivity index (χ3v) is 6.27. The summed E-state index contributed by atoms with van der Waals surface area (Å²) in [5.74, 6) is 0.354. The number of nitrogens with one attached hydrogen (secondary N) is 1. The standard InChI is InChI=1S/C28H27N3O3/c1-19(22-11-6-9-20-8-2-3-10-23(20)22)29-17-16-21-18-31(25-13-4-5-14-26(25)34-21)27-15-7-12-24(30-27)28(32)33/h2-15,19,21,29H,16-18H2,1H3,(H,32,33)/t19-,21+/m1/s1. The van der Waals surface area contributed by atoms with Gasteiger partial charge in [-0.25, -0.2) is 9.78 Å². The zero-order valence-corrected chi connectivity index (χ0v) is 19.0. The fraction of sp³-hybridized carbons (Fsp3) is 0.214. The van der Waals surface area contributed by atoms with Crippen molar-refractivity contribution >= 4 is 28.2 Å². The lowest BCUT2D eigenvalue weighted by molar-refractivity contribution is 0.0690. The monoisotopic (exact) mass is 453 g/mol. The maximum atomic E-state index is 11.4. The Balaban J connectivity index is 1.30. The Kier molecular flexibility index (Phi) is 6.14. The molecule has 0 amide bonds. The molecule has 4 aromatic rings. The zero-order chi connectivity index (χ0) is 23.5. The van der Waals surface area contributed by atoms with Gasteiger partial charge in [0.15, 0.2) is 5.69 Å². The van der Waals surface area contributed by atoms with Crippen molar-refractivity contribution in [2.45, 2.75) is 25.5 Å². The number of hydrogen-bond donors (Lipinski definition) is 2. The van der Waals surface area contributed by atoms with E-state index in [0.29, 0.717) is 12.4 Å². The summed E-state index contributed by atoms with van der Waals surface area (Å²) in [6, 6.07) is 28.0. The lowest BCUT2D eigenvalue weighted by atomic mass is 9.99. The molecule has 1 aliphatic rings. The van der Waals surface area contributed by atoms with Crippen LogP contribution in [0, 0.1) is 0 Å². The summed E-state index contributed by atoms with van der Waals surface area (Å²) >= 11 is 0. The van der Waals surface area contributed by atoms with E-state index in [0.717, 1.165) is 24.4 Å². The lowest BCUT2D eigenvalue weighted by Crippen LogP contribution is -2.39. The van der Waals surface area contributed by atoms with Gasteiger partial charge in [0.1, 0.15) is 17.7 Å². The number of carbonyl (C=O) groups is 1. The van der Waals surface area contributed by atoms with Gasteiger partial charge >= 0.3 is 5.97 Å². The molecule has 34 heavy (non-hydrogen) atoms. The van der Waals surface area contributed by atoms with E-state index in [2.05, 4.69) is 59.7 Å². The molecule has 2 N–H and O–H groups in total. The topological polar surface area (TPSA) is 74.7 Å². The molecule has 0 radical (unpaired) electrons. The van der Waals surface area contributed by atoms with E-state index in [9.17, 15) is 9.90 Å². The first kappa shape index (κ1) is 21.9. The maximum absolute atomic E-state index is 11.4.